The molecule has 2 rings (SSSR count). The molecule has 1 unspecified atom stereocenters. The topological polar surface area (TPSA) is 59.1 Å². The molecule has 2 amide bonds. The number of likely N-dealkylation sites (tertiary alicyclic amines) is 1. The molecule has 0 aromatic rings. The van der Waals surface area contributed by atoms with Crippen LogP contribution in [0.4, 0.5) is 0 Å². The highest BCUT2D eigenvalue weighted by Crippen LogP contribution is 2.35. The highest BCUT2D eigenvalue weighted by Gasteiger charge is 2.49. The van der Waals surface area contributed by atoms with E-state index in [1.54, 1.807) is 14.1 Å². The van der Waals surface area contributed by atoms with Gasteiger partial charge in [0.15, 0.2) is 0 Å². The highest BCUT2D eigenvalue weighted by molar-refractivity contribution is 5.77. The third kappa shape index (κ3) is 4.91. The van der Waals surface area contributed by atoms with Crippen LogP contribution in [0.3, 0.4) is 0 Å². The second-order valence-electron chi connectivity index (χ2n) is 7.43. The molecule has 0 aromatic carbocycles. The van der Waals surface area contributed by atoms with Crippen molar-refractivity contribution >= 4 is 11.8 Å². The predicted molar refractivity (Wildman–Crippen MR) is 87.0 cm³/mol. The average Bonchev–Trinajstić information content (AvgIpc) is 2.47. The van der Waals surface area contributed by atoms with E-state index in [2.05, 4.69) is 13.8 Å². The molecular formula is C17H30N2O4. The van der Waals surface area contributed by atoms with Crippen LogP contribution in [0.25, 0.3) is 0 Å². The zero-order chi connectivity index (χ0) is 17.0. The van der Waals surface area contributed by atoms with Crippen molar-refractivity contribution in [1.29, 1.82) is 0 Å². The predicted octanol–water partition coefficient (Wildman–Crippen LogP) is 1.29. The maximum Gasteiger partial charge on any atom is 0.248 e. The van der Waals surface area contributed by atoms with Crippen LogP contribution in [-0.2, 0) is 19.1 Å². The van der Waals surface area contributed by atoms with Crippen LogP contribution in [0.1, 0.15) is 39.5 Å². The van der Waals surface area contributed by atoms with E-state index >= 15 is 0 Å². The third-order valence-electron chi connectivity index (χ3n) is 4.64. The van der Waals surface area contributed by atoms with Gasteiger partial charge in [0.1, 0.15) is 12.2 Å². The van der Waals surface area contributed by atoms with Crippen molar-refractivity contribution in [3.63, 3.8) is 0 Å². The van der Waals surface area contributed by atoms with Gasteiger partial charge in [0.2, 0.25) is 11.8 Å². The van der Waals surface area contributed by atoms with E-state index in [-0.39, 0.29) is 30.1 Å². The molecule has 2 saturated heterocycles. The molecule has 0 aromatic heterocycles. The summed E-state index contributed by atoms with van der Waals surface area (Å²) in [5.41, 5.74) is -0.252. The van der Waals surface area contributed by atoms with Crippen LogP contribution >= 0.6 is 0 Å². The minimum absolute atomic E-state index is 0.0235. The minimum atomic E-state index is -0.252. The van der Waals surface area contributed by atoms with Crippen LogP contribution in [-0.4, -0.2) is 73.7 Å². The van der Waals surface area contributed by atoms with Crippen LogP contribution < -0.4 is 0 Å². The van der Waals surface area contributed by atoms with Gasteiger partial charge in [0.05, 0.1) is 19.2 Å². The van der Waals surface area contributed by atoms with Crippen LogP contribution in [0.2, 0.25) is 0 Å². The summed E-state index contributed by atoms with van der Waals surface area (Å²) in [6, 6.07) is 0. The summed E-state index contributed by atoms with van der Waals surface area (Å²) in [5, 5.41) is 0. The van der Waals surface area contributed by atoms with Crippen molar-refractivity contribution in [2.45, 2.75) is 51.2 Å². The van der Waals surface area contributed by atoms with E-state index in [0.717, 1.165) is 19.3 Å². The van der Waals surface area contributed by atoms with Gasteiger partial charge in [-0.15, -0.1) is 0 Å². The molecule has 2 fully saturated rings. The Balaban J connectivity index is 1.74. The Morgan fingerprint density at radius 1 is 1.35 bits per heavy atom. The minimum Gasteiger partial charge on any atom is -0.371 e. The molecule has 0 saturated carbocycles. The molecule has 2 aliphatic heterocycles. The standard InChI is InChI=1S/C17H30N2O4/c1-13(2)5-6-15(20)19-11-17(12-19)9-14(7-8-23-17)22-10-16(21)18(3)4/h13-14H,5-12H2,1-4H3. The Morgan fingerprint density at radius 3 is 2.65 bits per heavy atom. The quantitative estimate of drug-likeness (QED) is 0.738. The van der Waals surface area contributed by atoms with Crippen LogP contribution in [0, 0.1) is 5.92 Å². The number of hydrogen-bond acceptors (Lipinski definition) is 4. The fourth-order valence-corrected chi connectivity index (χ4v) is 3.06. The zero-order valence-corrected chi connectivity index (χ0v) is 14.8. The second kappa shape index (κ2) is 7.62. The zero-order valence-electron chi connectivity index (χ0n) is 14.8. The molecule has 0 N–H and O–H groups in total. The first-order valence-electron chi connectivity index (χ1n) is 8.55. The fourth-order valence-electron chi connectivity index (χ4n) is 3.06. The summed E-state index contributed by atoms with van der Waals surface area (Å²) in [6.45, 7) is 6.33. The van der Waals surface area contributed by atoms with Crippen molar-refractivity contribution < 1.29 is 19.1 Å². The summed E-state index contributed by atoms with van der Waals surface area (Å²) in [5.74, 6) is 0.746. The van der Waals surface area contributed by atoms with E-state index in [1.165, 1.54) is 4.90 Å². The number of carbonyl (C=O) groups is 2. The Hall–Kier alpha value is -1.14. The first kappa shape index (κ1) is 18.2. The molecule has 6 nitrogen and oxygen atoms in total. The van der Waals surface area contributed by atoms with E-state index in [0.29, 0.717) is 32.0 Å². The first-order valence-corrected chi connectivity index (χ1v) is 8.55. The van der Waals surface area contributed by atoms with Crippen molar-refractivity contribution in [1.82, 2.24) is 9.80 Å². The van der Waals surface area contributed by atoms with Crippen LogP contribution in [0.15, 0.2) is 0 Å². The normalized spacial score (nSPS) is 23.0. The molecule has 1 spiro atoms. The van der Waals surface area contributed by atoms with Crippen molar-refractivity contribution in [2.75, 3.05) is 40.4 Å². The number of nitrogens with zero attached hydrogens (tertiary/aromatic N) is 2. The largest absolute Gasteiger partial charge is 0.371 e. The van der Waals surface area contributed by atoms with Crippen molar-refractivity contribution in [2.24, 2.45) is 5.92 Å². The Kier molecular flexibility index (Phi) is 6.03. The summed E-state index contributed by atoms with van der Waals surface area (Å²) < 4.78 is 11.7. The monoisotopic (exact) mass is 326 g/mol. The van der Waals surface area contributed by atoms with Gasteiger partial charge >= 0.3 is 0 Å². The Morgan fingerprint density at radius 2 is 2.04 bits per heavy atom. The van der Waals surface area contributed by atoms with E-state index in [1.807, 2.05) is 4.90 Å². The highest BCUT2D eigenvalue weighted by atomic mass is 16.5. The lowest BCUT2D eigenvalue weighted by Crippen LogP contribution is -2.67. The number of hydrogen-bond donors (Lipinski definition) is 0. The number of ether oxygens (including phenoxy) is 2. The molecule has 6 heteroatoms. The molecule has 0 radical (unpaired) electrons. The lowest BCUT2D eigenvalue weighted by atomic mass is 9.84. The third-order valence-corrected chi connectivity index (χ3v) is 4.64. The molecule has 132 valence electrons. The summed E-state index contributed by atoms with van der Waals surface area (Å²) >= 11 is 0. The van der Waals surface area contributed by atoms with Gasteiger partial charge in [0.25, 0.3) is 0 Å². The first-order chi connectivity index (χ1) is 10.8. The van der Waals surface area contributed by atoms with Gasteiger partial charge in [-0.1, -0.05) is 13.8 Å². The number of amides is 2. The van der Waals surface area contributed by atoms with E-state index < -0.39 is 0 Å². The SMILES string of the molecule is CC(C)CCC(=O)N1CC2(CC(OCC(=O)N(C)C)CCO2)C1. The van der Waals surface area contributed by atoms with Crippen LogP contribution in [0.5, 0.6) is 0 Å². The maximum absolute atomic E-state index is 12.1. The Labute approximate surface area is 139 Å². The van der Waals surface area contributed by atoms with Gasteiger partial charge in [-0.3, -0.25) is 9.59 Å². The van der Waals surface area contributed by atoms with Gasteiger partial charge < -0.3 is 19.3 Å². The summed E-state index contributed by atoms with van der Waals surface area (Å²) in [7, 11) is 3.45. The van der Waals surface area contributed by atoms with Crippen molar-refractivity contribution in [3.05, 3.63) is 0 Å². The summed E-state index contributed by atoms with van der Waals surface area (Å²) in [6.07, 6.45) is 3.17. The van der Waals surface area contributed by atoms with Gasteiger partial charge in [0, 0.05) is 33.5 Å². The lowest BCUT2D eigenvalue weighted by Gasteiger charge is -2.53. The van der Waals surface area contributed by atoms with Gasteiger partial charge in [-0.05, 0) is 18.8 Å². The smallest absolute Gasteiger partial charge is 0.248 e. The van der Waals surface area contributed by atoms with E-state index in [4.69, 9.17) is 9.47 Å². The van der Waals surface area contributed by atoms with E-state index in [9.17, 15) is 9.59 Å². The molecule has 2 aliphatic rings. The molecular weight excluding hydrogens is 296 g/mol. The second-order valence-corrected chi connectivity index (χ2v) is 7.43. The molecule has 0 aliphatic carbocycles. The van der Waals surface area contributed by atoms with Crippen molar-refractivity contribution in [3.8, 4) is 0 Å². The summed E-state index contributed by atoms with van der Waals surface area (Å²) in [4.78, 5) is 27.2. The molecule has 23 heavy (non-hydrogen) atoms. The molecule has 0 bridgehead atoms. The average molecular weight is 326 g/mol. The molecule has 2 heterocycles. The van der Waals surface area contributed by atoms with Gasteiger partial charge in [-0.25, -0.2) is 0 Å². The van der Waals surface area contributed by atoms with Gasteiger partial charge in [-0.2, -0.15) is 0 Å². The number of carbonyl (C=O) groups excluding carboxylic acids is 2. The maximum atomic E-state index is 12.1. The Bertz CT molecular complexity index is 430. The lowest BCUT2D eigenvalue weighted by molar-refractivity contribution is -0.202. The molecule has 1 atom stereocenters. The fraction of sp³-hybridized carbons (Fsp3) is 0.882. The number of rotatable bonds is 6. The number of likely N-dealkylation sites (N-methyl/N-ethyl adjacent to an activating group) is 1.